The molecule has 0 saturated carbocycles. The Morgan fingerprint density at radius 1 is 1.44 bits per heavy atom. The highest BCUT2D eigenvalue weighted by Gasteiger charge is 1.97. The molecule has 0 aliphatic heterocycles. The third-order valence-electron chi connectivity index (χ3n) is 0.876. The van der Waals surface area contributed by atoms with Crippen molar-refractivity contribution in [2.45, 2.75) is 19.3 Å². The molecule has 52 valence electrons. The molecule has 0 spiro atoms. The second-order valence-electron chi connectivity index (χ2n) is 1.63. The van der Waals surface area contributed by atoms with E-state index in [1.165, 1.54) is 0 Å². The fraction of sp³-hybridized carbons (Fsp3) is 0.800. The minimum absolute atomic E-state index is 0.287. The summed E-state index contributed by atoms with van der Waals surface area (Å²) in [5.41, 5.74) is 0. The van der Waals surface area contributed by atoms with Crippen LogP contribution in [0.3, 0.4) is 0 Å². The highest BCUT2D eigenvalue weighted by atomic mass is 79.9. The molecule has 0 heterocycles. The molecule has 0 rings (SSSR count). The first-order valence-electron chi connectivity index (χ1n) is 2.73. The van der Waals surface area contributed by atoms with Gasteiger partial charge in [0.2, 0.25) is 0 Å². The summed E-state index contributed by atoms with van der Waals surface area (Å²) in [6.07, 6.45) is 1.95. The zero-order valence-electron chi connectivity index (χ0n) is 4.97. The fourth-order valence-corrected chi connectivity index (χ4v) is 0.813. The minimum Gasteiger partial charge on any atom is -0.269 e. The SMILES string of the molecule is O=NC(=O)CCCCBr. The number of carbonyl (C=O) groups excluding carboxylic acids is 1. The van der Waals surface area contributed by atoms with Crippen LogP contribution >= 0.6 is 15.9 Å². The van der Waals surface area contributed by atoms with Crippen LogP contribution in [0.15, 0.2) is 5.18 Å². The van der Waals surface area contributed by atoms with E-state index in [4.69, 9.17) is 0 Å². The Hall–Kier alpha value is -0.250. The standard InChI is InChI=1S/C5H8BrNO2/c6-4-2-1-3-5(8)7-9/h1-4H2. The Morgan fingerprint density at radius 3 is 2.56 bits per heavy atom. The molecule has 0 radical (unpaired) electrons. The number of nitrogens with zero attached hydrogens (tertiary/aromatic N) is 1. The monoisotopic (exact) mass is 193 g/mol. The summed E-state index contributed by atoms with van der Waals surface area (Å²) in [5.74, 6) is -0.545. The molecule has 0 atom stereocenters. The average Bonchev–Trinajstić information content (AvgIpc) is 1.89. The maximum Gasteiger partial charge on any atom is 0.286 e. The van der Waals surface area contributed by atoms with E-state index < -0.39 is 5.91 Å². The van der Waals surface area contributed by atoms with E-state index >= 15 is 0 Å². The van der Waals surface area contributed by atoms with Crippen LogP contribution in [-0.4, -0.2) is 11.2 Å². The number of rotatable bonds is 4. The van der Waals surface area contributed by atoms with E-state index in [0.29, 0.717) is 0 Å². The maximum absolute atomic E-state index is 10.2. The quantitative estimate of drug-likeness (QED) is 0.389. The average molecular weight is 194 g/mol. The molecule has 0 aromatic rings. The number of amides is 1. The van der Waals surface area contributed by atoms with Gasteiger partial charge in [0, 0.05) is 16.9 Å². The molecule has 0 bridgehead atoms. The fourth-order valence-electron chi connectivity index (χ4n) is 0.416. The zero-order valence-corrected chi connectivity index (χ0v) is 6.56. The summed E-state index contributed by atoms with van der Waals surface area (Å²) in [6.45, 7) is 0. The Bertz CT molecular complexity index is 105. The van der Waals surface area contributed by atoms with Gasteiger partial charge in [0.25, 0.3) is 5.91 Å². The van der Waals surface area contributed by atoms with E-state index in [1.54, 1.807) is 0 Å². The summed E-state index contributed by atoms with van der Waals surface area (Å²) in [5, 5.41) is 3.13. The Morgan fingerprint density at radius 2 is 2.11 bits per heavy atom. The number of carbonyl (C=O) groups is 1. The summed E-state index contributed by atoms with van der Waals surface area (Å²) in [4.78, 5) is 19.7. The first-order valence-corrected chi connectivity index (χ1v) is 3.85. The van der Waals surface area contributed by atoms with Crippen LogP contribution in [0.4, 0.5) is 0 Å². The van der Waals surface area contributed by atoms with Crippen LogP contribution in [0.2, 0.25) is 0 Å². The number of unbranched alkanes of at least 4 members (excludes halogenated alkanes) is 1. The van der Waals surface area contributed by atoms with Gasteiger partial charge in [-0.3, -0.25) is 4.79 Å². The van der Waals surface area contributed by atoms with E-state index in [9.17, 15) is 9.70 Å². The van der Waals surface area contributed by atoms with E-state index in [1.807, 2.05) is 0 Å². The van der Waals surface area contributed by atoms with Gasteiger partial charge in [0.1, 0.15) is 0 Å². The lowest BCUT2D eigenvalue weighted by atomic mass is 10.2. The van der Waals surface area contributed by atoms with Crippen molar-refractivity contribution < 1.29 is 4.79 Å². The zero-order chi connectivity index (χ0) is 7.11. The highest BCUT2D eigenvalue weighted by molar-refractivity contribution is 9.09. The normalized spacial score (nSPS) is 9.00. The van der Waals surface area contributed by atoms with Crippen molar-refractivity contribution in [1.29, 1.82) is 0 Å². The number of hydrogen-bond donors (Lipinski definition) is 0. The summed E-state index contributed by atoms with van der Waals surface area (Å²) in [6, 6.07) is 0. The van der Waals surface area contributed by atoms with Gasteiger partial charge in [-0.25, -0.2) is 0 Å². The predicted octanol–water partition coefficient (Wildman–Crippen LogP) is 1.84. The molecule has 0 unspecified atom stereocenters. The third-order valence-corrected chi connectivity index (χ3v) is 1.44. The summed E-state index contributed by atoms with van der Waals surface area (Å²) in [7, 11) is 0. The van der Waals surface area contributed by atoms with E-state index in [-0.39, 0.29) is 6.42 Å². The first kappa shape index (κ1) is 8.75. The van der Waals surface area contributed by atoms with E-state index in [0.717, 1.165) is 18.2 Å². The molecule has 0 saturated heterocycles. The minimum atomic E-state index is -0.545. The molecule has 0 aromatic heterocycles. The second kappa shape index (κ2) is 5.88. The predicted molar refractivity (Wildman–Crippen MR) is 38.4 cm³/mol. The molecule has 1 amide bonds. The Balaban J connectivity index is 3.07. The molecule has 9 heavy (non-hydrogen) atoms. The molecular weight excluding hydrogens is 186 g/mol. The van der Waals surface area contributed by atoms with Crippen LogP contribution in [-0.2, 0) is 4.79 Å². The Kier molecular flexibility index (Phi) is 5.72. The van der Waals surface area contributed by atoms with Crippen molar-refractivity contribution in [3.05, 3.63) is 4.91 Å². The molecule has 4 heteroatoms. The van der Waals surface area contributed by atoms with Crippen LogP contribution in [0.25, 0.3) is 0 Å². The van der Waals surface area contributed by atoms with Gasteiger partial charge in [-0.1, -0.05) is 15.9 Å². The number of nitroso groups, excluding NO2 is 1. The maximum atomic E-state index is 10.2. The van der Waals surface area contributed by atoms with Crippen LogP contribution < -0.4 is 0 Å². The van der Waals surface area contributed by atoms with Crippen molar-refractivity contribution in [2.24, 2.45) is 5.18 Å². The van der Waals surface area contributed by atoms with E-state index in [2.05, 4.69) is 21.1 Å². The lowest BCUT2D eigenvalue weighted by Crippen LogP contribution is -1.90. The van der Waals surface area contributed by atoms with Crippen molar-refractivity contribution in [1.82, 2.24) is 0 Å². The van der Waals surface area contributed by atoms with Gasteiger partial charge in [0.15, 0.2) is 0 Å². The molecule has 0 aromatic carbocycles. The number of halogens is 1. The first-order chi connectivity index (χ1) is 4.31. The molecule has 0 fully saturated rings. The Labute approximate surface area is 61.9 Å². The van der Waals surface area contributed by atoms with Gasteiger partial charge in [-0.05, 0) is 12.8 Å². The topological polar surface area (TPSA) is 46.5 Å². The van der Waals surface area contributed by atoms with Gasteiger partial charge >= 0.3 is 0 Å². The largest absolute Gasteiger partial charge is 0.286 e. The summed E-state index contributed by atoms with van der Waals surface area (Å²) >= 11 is 3.20. The van der Waals surface area contributed by atoms with Gasteiger partial charge in [0.05, 0.1) is 0 Å². The second-order valence-corrected chi connectivity index (χ2v) is 2.42. The number of hydrogen-bond acceptors (Lipinski definition) is 2. The van der Waals surface area contributed by atoms with Crippen LogP contribution in [0.1, 0.15) is 19.3 Å². The lowest BCUT2D eigenvalue weighted by Gasteiger charge is -1.88. The summed E-state index contributed by atoms with van der Waals surface area (Å²) < 4.78 is 0. The molecule has 0 aliphatic rings. The van der Waals surface area contributed by atoms with Crippen molar-refractivity contribution in [3.63, 3.8) is 0 Å². The van der Waals surface area contributed by atoms with Crippen LogP contribution in [0, 0.1) is 4.91 Å². The number of alkyl halides is 1. The molecule has 3 nitrogen and oxygen atoms in total. The van der Waals surface area contributed by atoms with Crippen LogP contribution in [0.5, 0.6) is 0 Å². The molecule has 0 N–H and O–H groups in total. The lowest BCUT2D eigenvalue weighted by molar-refractivity contribution is -0.118. The van der Waals surface area contributed by atoms with Gasteiger partial charge in [-0.2, -0.15) is 0 Å². The van der Waals surface area contributed by atoms with Crippen molar-refractivity contribution in [2.75, 3.05) is 5.33 Å². The van der Waals surface area contributed by atoms with Crippen molar-refractivity contribution in [3.8, 4) is 0 Å². The third kappa shape index (κ3) is 5.62. The van der Waals surface area contributed by atoms with Gasteiger partial charge < -0.3 is 0 Å². The van der Waals surface area contributed by atoms with Crippen molar-refractivity contribution >= 4 is 21.8 Å². The molecule has 0 aliphatic carbocycles. The smallest absolute Gasteiger partial charge is 0.269 e. The highest BCUT2D eigenvalue weighted by Crippen LogP contribution is 1.99. The molecular formula is C5H8BrNO2. The van der Waals surface area contributed by atoms with Gasteiger partial charge in [-0.15, -0.1) is 4.91 Å².